The Bertz CT molecular complexity index is 364. The maximum atomic E-state index is 13.3. The molecule has 1 aromatic rings. The zero-order chi connectivity index (χ0) is 10.8. The smallest absolute Gasteiger partial charge is 0.137 e. The van der Waals surface area contributed by atoms with Gasteiger partial charge in [-0.15, -0.1) is 0 Å². The van der Waals surface area contributed by atoms with Crippen molar-refractivity contribution in [2.75, 3.05) is 13.1 Å². The highest BCUT2D eigenvalue weighted by Crippen LogP contribution is 2.28. The van der Waals surface area contributed by atoms with Crippen LogP contribution in [0.1, 0.15) is 12.0 Å². The van der Waals surface area contributed by atoms with Crippen LogP contribution in [0.3, 0.4) is 0 Å². The van der Waals surface area contributed by atoms with Crippen molar-refractivity contribution in [2.45, 2.75) is 12.8 Å². The molecule has 2 rings (SSSR count). The van der Waals surface area contributed by atoms with Crippen LogP contribution in [0.25, 0.3) is 0 Å². The molecule has 1 aromatic carbocycles. The summed E-state index contributed by atoms with van der Waals surface area (Å²) in [5.74, 6) is 0.375. The van der Waals surface area contributed by atoms with Gasteiger partial charge in [-0.2, -0.15) is 0 Å². The number of rotatable bonds is 2. The van der Waals surface area contributed by atoms with E-state index >= 15 is 0 Å². The van der Waals surface area contributed by atoms with Crippen LogP contribution in [0.4, 0.5) is 4.39 Å². The Labute approximate surface area is 96.6 Å². The van der Waals surface area contributed by atoms with Gasteiger partial charge in [0.25, 0.3) is 0 Å². The zero-order valence-electron chi connectivity index (χ0n) is 8.26. The molecule has 0 amide bonds. The van der Waals surface area contributed by atoms with Gasteiger partial charge in [-0.05, 0) is 65.5 Å². The van der Waals surface area contributed by atoms with Crippen LogP contribution in [-0.2, 0) is 6.42 Å². The number of phenols is 1. The van der Waals surface area contributed by atoms with Gasteiger partial charge in [0, 0.05) is 0 Å². The molecule has 1 aliphatic rings. The molecule has 0 spiro atoms. The van der Waals surface area contributed by atoms with Crippen LogP contribution in [0.5, 0.6) is 5.75 Å². The van der Waals surface area contributed by atoms with E-state index < -0.39 is 0 Å². The van der Waals surface area contributed by atoms with E-state index in [0.29, 0.717) is 16.0 Å². The molecular formula is C11H13BrFNO. The molecule has 1 saturated heterocycles. The van der Waals surface area contributed by atoms with Gasteiger partial charge in [0.2, 0.25) is 0 Å². The molecule has 82 valence electrons. The van der Waals surface area contributed by atoms with Crippen LogP contribution in [-0.4, -0.2) is 18.2 Å². The van der Waals surface area contributed by atoms with Crippen molar-refractivity contribution < 1.29 is 9.50 Å². The number of phenolic OH excluding ortho intramolecular Hbond substituents is 1. The van der Waals surface area contributed by atoms with Crippen molar-refractivity contribution in [1.29, 1.82) is 0 Å². The molecule has 0 aromatic heterocycles. The SMILES string of the molecule is Oc1cc(Br)c(F)cc1CC1CCNC1. The zero-order valence-corrected chi connectivity index (χ0v) is 9.85. The van der Waals surface area contributed by atoms with Crippen molar-refractivity contribution in [3.63, 3.8) is 0 Å². The van der Waals surface area contributed by atoms with Gasteiger partial charge >= 0.3 is 0 Å². The largest absolute Gasteiger partial charge is 0.508 e. The highest BCUT2D eigenvalue weighted by Gasteiger charge is 2.17. The summed E-state index contributed by atoms with van der Waals surface area (Å²) >= 11 is 3.05. The Balaban J connectivity index is 2.16. The Morgan fingerprint density at radius 1 is 1.53 bits per heavy atom. The Morgan fingerprint density at radius 2 is 2.33 bits per heavy atom. The molecule has 1 aliphatic heterocycles. The summed E-state index contributed by atoms with van der Waals surface area (Å²) in [7, 11) is 0. The quantitative estimate of drug-likeness (QED) is 0.868. The van der Waals surface area contributed by atoms with Gasteiger partial charge in [0.1, 0.15) is 11.6 Å². The maximum absolute atomic E-state index is 13.3. The third-order valence-corrected chi connectivity index (χ3v) is 3.40. The minimum Gasteiger partial charge on any atom is -0.508 e. The lowest BCUT2D eigenvalue weighted by Gasteiger charge is -2.10. The summed E-state index contributed by atoms with van der Waals surface area (Å²) in [5.41, 5.74) is 0.699. The molecule has 15 heavy (non-hydrogen) atoms. The van der Waals surface area contributed by atoms with Crippen molar-refractivity contribution in [3.05, 3.63) is 28.0 Å². The van der Waals surface area contributed by atoms with Gasteiger partial charge in [0.05, 0.1) is 4.47 Å². The molecule has 0 aliphatic carbocycles. The number of aromatic hydroxyl groups is 1. The van der Waals surface area contributed by atoms with Gasteiger partial charge in [-0.1, -0.05) is 0 Å². The van der Waals surface area contributed by atoms with E-state index in [1.165, 1.54) is 12.1 Å². The third-order valence-electron chi connectivity index (χ3n) is 2.79. The van der Waals surface area contributed by atoms with E-state index in [4.69, 9.17) is 0 Å². The van der Waals surface area contributed by atoms with Gasteiger partial charge in [-0.25, -0.2) is 4.39 Å². The summed E-state index contributed by atoms with van der Waals surface area (Å²) in [4.78, 5) is 0. The molecule has 2 N–H and O–H groups in total. The summed E-state index contributed by atoms with van der Waals surface area (Å²) < 4.78 is 13.6. The first kappa shape index (κ1) is 10.9. The average molecular weight is 274 g/mol. The lowest BCUT2D eigenvalue weighted by molar-refractivity contribution is 0.455. The van der Waals surface area contributed by atoms with Gasteiger partial charge in [-0.3, -0.25) is 0 Å². The molecule has 4 heteroatoms. The fourth-order valence-corrected chi connectivity index (χ4v) is 2.27. The molecule has 0 saturated carbocycles. The number of nitrogens with one attached hydrogen (secondary N) is 1. The molecule has 1 fully saturated rings. The highest BCUT2D eigenvalue weighted by atomic mass is 79.9. The Morgan fingerprint density at radius 3 is 3.00 bits per heavy atom. The van der Waals surface area contributed by atoms with E-state index in [-0.39, 0.29) is 11.6 Å². The van der Waals surface area contributed by atoms with E-state index in [9.17, 15) is 9.50 Å². The summed E-state index contributed by atoms with van der Waals surface area (Å²) in [6, 6.07) is 2.84. The van der Waals surface area contributed by atoms with Crippen LogP contribution in [0.2, 0.25) is 0 Å². The van der Waals surface area contributed by atoms with Crippen molar-refractivity contribution in [1.82, 2.24) is 5.32 Å². The predicted molar refractivity (Wildman–Crippen MR) is 60.4 cm³/mol. The molecule has 0 bridgehead atoms. The number of benzene rings is 1. The number of hydrogen-bond acceptors (Lipinski definition) is 2. The topological polar surface area (TPSA) is 32.3 Å². The summed E-state index contributed by atoms with van der Waals surface area (Å²) in [6.45, 7) is 1.97. The van der Waals surface area contributed by atoms with Crippen LogP contribution in [0.15, 0.2) is 16.6 Å². The minimum absolute atomic E-state index is 0.176. The monoisotopic (exact) mass is 273 g/mol. The summed E-state index contributed by atoms with van der Waals surface area (Å²) in [5, 5.41) is 12.9. The highest BCUT2D eigenvalue weighted by molar-refractivity contribution is 9.10. The second-order valence-electron chi connectivity index (χ2n) is 3.96. The number of hydrogen-bond donors (Lipinski definition) is 2. The predicted octanol–water partition coefficient (Wildman–Crippen LogP) is 2.45. The maximum Gasteiger partial charge on any atom is 0.137 e. The van der Waals surface area contributed by atoms with Crippen LogP contribution in [0, 0.1) is 11.7 Å². The Kier molecular flexibility index (Phi) is 3.26. The molecule has 1 unspecified atom stereocenters. The normalized spacial score (nSPS) is 20.8. The van der Waals surface area contributed by atoms with Crippen molar-refractivity contribution in [2.24, 2.45) is 5.92 Å². The minimum atomic E-state index is -0.311. The molecular weight excluding hydrogens is 261 g/mol. The first-order valence-electron chi connectivity index (χ1n) is 5.04. The van der Waals surface area contributed by atoms with E-state index in [0.717, 1.165) is 25.9 Å². The first-order chi connectivity index (χ1) is 7.16. The lowest BCUT2D eigenvalue weighted by Crippen LogP contribution is -2.10. The lowest BCUT2D eigenvalue weighted by atomic mass is 9.98. The van der Waals surface area contributed by atoms with Crippen molar-refractivity contribution >= 4 is 15.9 Å². The second kappa shape index (κ2) is 4.49. The standard InChI is InChI=1S/C11H13BrFNO/c12-9-5-11(15)8(4-10(9)13)3-7-1-2-14-6-7/h4-5,7,14-15H,1-3,6H2. The molecule has 1 heterocycles. The molecule has 2 nitrogen and oxygen atoms in total. The first-order valence-corrected chi connectivity index (χ1v) is 5.83. The molecule has 0 radical (unpaired) electrons. The van der Waals surface area contributed by atoms with E-state index in [1.807, 2.05) is 0 Å². The second-order valence-corrected chi connectivity index (χ2v) is 4.81. The van der Waals surface area contributed by atoms with Crippen molar-refractivity contribution in [3.8, 4) is 5.75 Å². The van der Waals surface area contributed by atoms with Crippen LogP contribution >= 0.6 is 15.9 Å². The molecule has 1 atom stereocenters. The fourth-order valence-electron chi connectivity index (χ4n) is 1.94. The van der Waals surface area contributed by atoms with Gasteiger partial charge < -0.3 is 10.4 Å². The van der Waals surface area contributed by atoms with E-state index in [1.54, 1.807) is 0 Å². The number of halogens is 2. The third kappa shape index (κ3) is 2.49. The van der Waals surface area contributed by atoms with Gasteiger partial charge in [0.15, 0.2) is 0 Å². The Hall–Kier alpha value is -0.610. The fraction of sp³-hybridized carbons (Fsp3) is 0.455. The van der Waals surface area contributed by atoms with E-state index in [2.05, 4.69) is 21.2 Å². The summed E-state index contributed by atoms with van der Waals surface area (Å²) in [6.07, 6.45) is 1.83. The average Bonchev–Trinajstić information content (AvgIpc) is 2.67. The van der Waals surface area contributed by atoms with Crippen LogP contribution < -0.4 is 5.32 Å².